The summed E-state index contributed by atoms with van der Waals surface area (Å²) < 4.78 is 0. The van der Waals surface area contributed by atoms with Gasteiger partial charge in [-0.1, -0.05) is 12.1 Å². The van der Waals surface area contributed by atoms with Crippen LogP contribution >= 0.6 is 0 Å². The van der Waals surface area contributed by atoms with Gasteiger partial charge in [-0.2, -0.15) is 0 Å². The second-order valence-electron chi connectivity index (χ2n) is 8.76. The minimum absolute atomic E-state index is 0.0382. The Labute approximate surface area is 169 Å². The molecule has 2 N–H and O–H groups in total. The summed E-state index contributed by atoms with van der Waals surface area (Å²) in [4.78, 5) is 31.1. The number of carbonyl (C=O) groups excluding carboxylic acids is 2. The molecule has 0 saturated carbocycles. The molecule has 1 unspecified atom stereocenters. The average molecular weight is 390 g/mol. The van der Waals surface area contributed by atoms with E-state index >= 15 is 0 Å². The molecule has 1 saturated heterocycles. The molecular formula is C21H35N5O2. The van der Waals surface area contributed by atoms with E-state index in [1.165, 1.54) is 0 Å². The van der Waals surface area contributed by atoms with Gasteiger partial charge in [0.05, 0.1) is 6.04 Å². The zero-order valence-electron chi connectivity index (χ0n) is 18.1. The van der Waals surface area contributed by atoms with Gasteiger partial charge in [-0.15, -0.1) is 0 Å². The third-order valence-electron chi connectivity index (χ3n) is 4.92. The first-order valence-electron chi connectivity index (χ1n) is 9.87. The maximum absolute atomic E-state index is 12.3. The molecule has 0 radical (unpaired) electrons. The van der Waals surface area contributed by atoms with Gasteiger partial charge >= 0.3 is 11.8 Å². The standard InChI is InChI=1S/C21H35N5O2/c1-21(2,3)23-20(28)19(27)22-15-18(26-13-11-25(6)12-14-26)16-7-9-17(10-8-16)24(4)5/h7-10,18H,11-15H2,1-6H3,(H,22,27)(H,23,28). The molecule has 0 aliphatic carbocycles. The summed E-state index contributed by atoms with van der Waals surface area (Å²) in [5.74, 6) is -1.17. The minimum atomic E-state index is -0.590. The van der Waals surface area contributed by atoms with Crippen molar-refractivity contribution in [2.75, 3.05) is 58.8 Å². The summed E-state index contributed by atoms with van der Waals surface area (Å²) in [6.07, 6.45) is 0. The number of hydrogen-bond donors (Lipinski definition) is 2. The SMILES string of the molecule is CN1CCN(C(CNC(=O)C(=O)NC(C)(C)C)c2ccc(N(C)C)cc2)CC1. The Morgan fingerprint density at radius 1 is 1.04 bits per heavy atom. The lowest BCUT2D eigenvalue weighted by Gasteiger charge is -2.38. The van der Waals surface area contributed by atoms with Crippen molar-refractivity contribution in [2.45, 2.75) is 32.4 Å². The van der Waals surface area contributed by atoms with Crippen molar-refractivity contribution in [1.82, 2.24) is 20.4 Å². The Bertz CT molecular complexity index is 658. The number of piperazine rings is 1. The van der Waals surface area contributed by atoms with Crippen molar-refractivity contribution in [3.8, 4) is 0 Å². The molecule has 1 atom stereocenters. The maximum Gasteiger partial charge on any atom is 0.309 e. The van der Waals surface area contributed by atoms with E-state index in [9.17, 15) is 9.59 Å². The lowest BCUT2D eigenvalue weighted by Crippen LogP contribution is -2.51. The third-order valence-corrected chi connectivity index (χ3v) is 4.92. The first kappa shape index (κ1) is 22.2. The molecular weight excluding hydrogens is 354 g/mol. The highest BCUT2D eigenvalue weighted by Crippen LogP contribution is 2.24. The minimum Gasteiger partial charge on any atom is -0.378 e. The lowest BCUT2D eigenvalue weighted by molar-refractivity contribution is -0.140. The van der Waals surface area contributed by atoms with Crippen molar-refractivity contribution in [2.24, 2.45) is 0 Å². The smallest absolute Gasteiger partial charge is 0.309 e. The van der Waals surface area contributed by atoms with Crippen molar-refractivity contribution in [1.29, 1.82) is 0 Å². The zero-order valence-corrected chi connectivity index (χ0v) is 18.1. The third kappa shape index (κ3) is 6.49. The number of hydrogen-bond acceptors (Lipinski definition) is 5. The molecule has 1 heterocycles. The van der Waals surface area contributed by atoms with Crippen LogP contribution in [0.5, 0.6) is 0 Å². The van der Waals surface area contributed by atoms with Gasteiger partial charge in [-0.25, -0.2) is 0 Å². The molecule has 1 aliphatic rings. The van der Waals surface area contributed by atoms with E-state index in [4.69, 9.17) is 0 Å². The van der Waals surface area contributed by atoms with E-state index in [2.05, 4.69) is 56.6 Å². The molecule has 0 bridgehead atoms. The van der Waals surface area contributed by atoms with Gasteiger partial charge in [0, 0.05) is 58.0 Å². The Morgan fingerprint density at radius 2 is 1.61 bits per heavy atom. The van der Waals surface area contributed by atoms with Gasteiger partial charge in [-0.05, 0) is 45.5 Å². The van der Waals surface area contributed by atoms with E-state index in [0.717, 1.165) is 37.4 Å². The van der Waals surface area contributed by atoms with E-state index < -0.39 is 17.4 Å². The lowest BCUT2D eigenvalue weighted by atomic mass is 10.0. The van der Waals surface area contributed by atoms with Crippen LogP contribution in [0.15, 0.2) is 24.3 Å². The van der Waals surface area contributed by atoms with Crippen LogP contribution in [0.1, 0.15) is 32.4 Å². The van der Waals surface area contributed by atoms with Gasteiger partial charge in [-0.3, -0.25) is 14.5 Å². The van der Waals surface area contributed by atoms with Crippen LogP contribution in [0.3, 0.4) is 0 Å². The van der Waals surface area contributed by atoms with Gasteiger partial charge < -0.3 is 20.4 Å². The quantitative estimate of drug-likeness (QED) is 0.738. The highest BCUT2D eigenvalue weighted by molar-refractivity contribution is 6.35. The molecule has 156 valence electrons. The van der Waals surface area contributed by atoms with E-state index in [-0.39, 0.29) is 6.04 Å². The molecule has 1 aliphatic heterocycles. The average Bonchev–Trinajstić information content (AvgIpc) is 2.62. The number of anilines is 1. The molecule has 1 fully saturated rings. The van der Waals surface area contributed by atoms with Crippen molar-refractivity contribution < 1.29 is 9.59 Å². The second-order valence-corrected chi connectivity index (χ2v) is 8.76. The van der Waals surface area contributed by atoms with E-state index in [1.807, 2.05) is 34.9 Å². The molecule has 2 amide bonds. The number of nitrogens with zero attached hydrogens (tertiary/aromatic N) is 3. The van der Waals surface area contributed by atoms with Crippen molar-refractivity contribution in [3.63, 3.8) is 0 Å². The van der Waals surface area contributed by atoms with Crippen molar-refractivity contribution >= 4 is 17.5 Å². The first-order valence-corrected chi connectivity index (χ1v) is 9.87. The topological polar surface area (TPSA) is 67.9 Å². The number of likely N-dealkylation sites (N-methyl/N-ethyl adjacent to an activating group) is 1. The van der Waals surface area contributed by atoms with Crippen LogP contribution in [0.25, 0.3) is 0 Å². The summed E-state index contributed by atoms with van der Waals surface area (Å²) in [6, 6.07) is 8.44. The fraction of sp³-hybridized carbons (Fsp3) is 0.619. The molecule has 0 aromatic heterocycles. The van der Waals surface area contributed by atoms with Crippen LogP contribution in [0.2, 0.25) is 0 Å². The van der Waals surface area contributed by atoms with Gasteiger partial charge in [0.25, 0.3) is 0 Å². The predicted octanol–water partition coefficient (Wildman–Crippen LogP) is 1.07. The number of amides is 2. The van der Waals surface area contributed by atoms with Gasteiger partial charge in [0.15, 0.2) is 0 Å². The van der Waals surface area contributed by atoms with Crippen LogP contribution in [0, 0.1) is 0 Å². The zero-order chi connectivity index (χ0) is 20.9. The summed E-state index contributed by atoms with van der Waals surface area (Å²) in [5.41, 5.74) is 1.84. The van der Waals surface area contributed by atoms with Gasteiger partial charge in [0.2, 0.25) is 0 Å². The monoisotopic (exact) mass is 389 g/mol. The van der Waals surface area contributed by atoms with Crippen LogP contribution in [0.4, 0.5) is 5.69 Å². The highest BCUT2D eigenvalue weighted by atomic mass is 16.2. The number of benzene rings is 1. The van der Waals surface area contributed by atoms with E-state index in [0.29, 0.717) is 6.54 Å². The van der Waals surface area contributed by atoms with Gasteiger partial charge in [0.1, 0.15) is 0 Å². The molecule has 2 rings (SSSR count). The molecule has 1 aromatic carbocycles. The second kappa shape index (κ2) is 9.39. The molecule has 0 spiro atoms. The normalized spacial score (nSPS) is 17.1. The largest absolute Gasteiger partial charge is 0.378 e. The Hall–Kier alpha value is -2.12. The Balaban J connectivity index is 2.10. The number of rotatable bonds is 5. The van der Waals surface area contributed by atoms with Crippen LogP contribution in [-0.2, 0) is 9.59 Å². The summed E-state index contributed by atoms with van der Waals surface area (Å²) in [5, 5.41) is 5.54. The summed E-state index contributed by atoms with van der Waals surface area (Å²) >= 11 is 0. The highest BCUT2D eigenvalue weighted by Gasteiger charge is 2.26. The Morgan fingerprint density at radius 3 is 2.11 bits per heavy atom. The van der Waals surface area contributed by atoms with Crippen LogP contribution in [-0.4, -0.2) is 81.0 Å². The fourth-order valence-electron chi connectivity index (χ4n) is 3.25. The molecule has 28 heavy (non-hydrogen) atoms. The number of nitrogens with one attached hydrogen (secondary N) is 2. The molecule has 7 nitrogen and oxygen atoms in total. The Kier molecular flexibility index (Phi) is 7.43. The maximum atomic E-state index is 12.3. The summed E-state index contributed by atoms with van der Waals surface area (Å²) in [6.45, 7) is 9.82. The predicted molar refractivity (Wildman–Crippen MR) is 113 cm³/mol. The van der Waals surface area contributed by atoms with E-state index in [1.54, 1.807) is 0 Å². The summed E-state index contributed by atoms with van der Waals surface area (Å²) in [7, 11) is 6.15. The van der Waals surface area contributed by atoms with Crippen molar-refractivity contribution in [3.05, 3.63) is 29.8 Å². The van der Waals surface area contributed by atoms with Crippen LogP contribution < -0.4 is 15.5 Å². The first-order chi connectivity index (χ1) is 13.1. The fourth-order valence-corrected chi connectivity index (χ4v) is 3.25. The molecule has 1 aromatic rings. The molecule has 7 heteroatoms. The number of carbonyl (C=O) groups is 2.